The van der Waals surface area contributed by atoms with Gasteiger partial charge in [0.1, 0.15) is 18.1 Å². The summed E-state index contributed by atoms with van der Waals surface area (Å²) in [7, 11) is 0. The molecule has 1 aromatic carbocycles. The van der Waals surface area contributed by atoms with Crippen LogP contribution in [0.4, 0.5) is 0 Å². The Kier molecular flexibility index (Phi) is 7.28. The maximum absolute atomic E-state index is 9.10. The zero-order valence-corrected chi connectivity index (χ0v) is 10.7. The standard InChI is InChI=1S/C15H23O2/c1-2-3-4-5-6-7-8-13-17-15-11-9-14(16)10-12-15/h9-13,16H,2-8H2,1H3. The van der Waals surface area contributed by atoms with E-state index in [9.17, 15) is 0 Å². The molecule has 0 aliphatic rings. The minimum atomic E-state index is 0.272. The van der Waals surface area contributed by atoms with Gasteiger partial charge in [0.05, 0.1) is 0 Å². The first-order valence-electron chi connectivity index (χ1n) is 6.60. The van der Waals surface area contributed by atoms with Crippen molar-refractivity contribution in [1.82, 2.24) is 0 Å². The van der Waals surface area contributed by atoms with Crippen molar-refractivity contribution in [2.75, 3.05) is 0 Å². The van der Waals surface area contributed by atoms with Crippen LogP contribution in [0.5, 0.6) is 11.5 Å². The predicted octanol–water partition coefficient (Wildman–Crippen LogP) is 4.68. The molecular formula is C15H23O2. The second-order valence-corrected chi connectivity index (χ2v) is 4.33. The summed E-state index contributed by atoms with van der Waals surface area (Å²) in [5, 5.41) is 9.10. The van der Waals surface area contributed by atoms with E-state index in [1.54, 1.807) is 24.3 Å². The second-order valence-electron chi connectivity index (χ2n) is 4.33. The van der Waals surface area contributed by atoms with Gasteiger partial charge < -0.3 is 9.84 Å². The van der Waals surface area contributed by atoms with Gasteiger partial charge in [0, 0.05) is 0 Å². The summed E-state index contributed by atoms with van der Waals surface area (Å²) in [4.78, 5) is 0. The maximum Gasteiger partial charge on any atom is 0.135 e. The molecule has 0 fully saturated rings. The Morgan fingerprint density at radius 1 is 1.00 bits per heavy atom. The van der Waals surface area contributed by atoms with Crippen molar-refractivity contribution in [3.8, 4) is 11.5 Å². The molecule has 0 amide bonds. The van der Waals surface area contributed by atoms with Gasteiger partial charge in [-0.25, -0.2) is 0 Å². The molecule has 95 valence electrons. The van der Waals surface area contributed by atoms with Crippen LogP contribution in [0.2, 0.25) is 0 Å². The molecule has 1 aromatic rings. The average Bonchev–Trinajstić information content (AvgIpc) is 2.35. The van der Waals surface area contributed by atoms with Crippen molar-refractivity contribution < 1.29 is 9.84 Å². The summed E-state index contributed by atoms with van der Waals surface area (Å²) in [6.07, 6.45) is 8.82. The fourth-order valence-electron chi connectivity index (χ4n) is 1.69. The van der Waals surface area contributed by atoms with Crippen molar-refractivity contribution in [3.05, 3.63) is 30.9 Å². The van der Waals surface area contributed by atoms with E-state index >= 15 is 0 Å². The quantitative estimate of drug-likeness (QED) is 0.629. The van der Waals surface area contributed by atoms with Crippen molar-refractivity contribution in [3.63, 3.8) is 0 Å². The highest BCUT2D eigenvalue weighted by Gasteiger charge is 1.95. The lowest BCUT2D eigenvalue weighted by atomic mass is 10.1. The molecule has 0 heterocycles. The molecule has 0 saturated carbocycles. The van der Waals surface area contributed by atoms with Gasteiger partial charge in [-0.1, -0.05) is 39.0 Å². The molecule has 2 heteroatoms. The van der Waals surface area contributed by atoms with Gasteiger partial charge in [0.15, 0.2) is 0 Å². The molecule has 0 spiro atoms. The Balaban J connectivity index is 1.95. The minimum absolute atomic E-state index is 0.272. The van der Waals surface area contributed by atoms with E-state index in [1.807, 2.05) is 6.61 Å². The summed E-state index contributed by atoms with van der Waals surface area (Å²) in [6, 6.07) is 6.81. The first-order chi connectivity index (χ1) is 8.33. The maximum atomic E-state index is 9.10. The largest absolute Gasteiger partial charge is 0.508 e. The summed E-state index contributed by atoms with van der Waals surface area (Å²) < 4.78 is 5.45. The lowest BCUT2D eigenvalue weighted by Gasteiger charge is -2.05. The molecule has 0 aliphatic carbocycles. The molecule has 1 radical (unpaired) electrons. The number of rotatable bonds is 9. The number of benzene rings is 1. The fourth-order valence-corrected chi connectivity index (χ4v) is 1.69. The number of ether oxygens (including phenoxy) is 1. The lowest BCUT2D eigenvalue weighted by Crippen LogP contribution is -1.90. The zero-order chi connectivity index (χ0) is 12.3. The van der Waals surface area contributed by atoms with Gasteiger partial charge >= 0.3 is 0 Å². The topological polar surface area (TPSA) is 29.5 Å². The smallest absolute Gasteiger partial charge is 0.135 e. The van der Waals surface area contributed by atoms with Crippen molar-refractivity contribution in [2.24, 2.45) is 0 Å². The first-order valence-corrected chi connectivity index (χ1v) is 6.60. The van der Waals surface area contributed by atoms with Crippen LogP contribution in [0.15, 0.2) is 24.3 Å². The Morgan fingerprint density at radius 3 is 2.35 bits per heavy atom. The molecule has 17 heavy (non-hydrogen) atoms. The Labute approximate surface area is 105 Å². The molecule has 1 N–H and O–H groups in total. The van der Waals surface area contributed by atoms with Crippen LogP contribution in [0, 0.1) is 6.61 Å². The molecule has 1 rings (SSSR count). The van der Waals surface area contributed by atoms with Crippen molar-refractivity contribution in [1.29, 1.82) is 0 Å². The highest BCUT2D eigenvalue weighted by Crippen LogP contribution is 2.17. The SMILES string of the molecule is CCCCCCCC[CH]Oc1ccc(O)cc1. The highest BCUT2D eigenvalue weighted by molar-refractivity contribution is 5.30. The molecule has 0 bridgehead atoms. The van der Waals surface area contributed by atoms with Gasteiger partial charge in [-0.15, -0.1) is 0 Å². The van der Waals surface area contributed by atoms with Gasteiger partial charge in [-0.2, -0.15) is 0 Å². The Morgan fingerprint density at radius 2 is 1.65 bits per heavy atom. The number of phenolic OH excluding ortho intramolecular Hbond substituents is 1. The highest BCUT2D eigenvalue weighted by atomic mass is 16.5. The number of hydrogen-bond acceptors (Lipinski definition) is 2. The first kappa shape index (κ1) is 13.9. The van der Waals surface area contributed by atoms with Crippen LogP contribution in [0.3, 0.4) is 0 Å². The number of phenols is 1. The van der Waals surface area contributed by atoms with Crippen LogP contribution in [0.25, 0.3) is 0 Å². The van der Waals surface area contributed by atoms with Crippen LogP contribution < -0.4 is 4.74 Å². The third-order valence-corrected chi connectivity index (χ3v) is 2.73. The minimum Gasteiger partial charge on any atom is -0.508 e. The van der Waals surface area contributed by atoms with E-state index in [0.29, 0.717) is 0 Å². The molecule has 2 nitrogen and oxygen atoms in total. The van der Waals surface area contributed by atoms with E-state index < -0.39 is 0 Å². The molecule has 0 aromatic heterocycles. The van der Waals surface area contributed by atoms with E-state index in [2.05, 4.69) is 6.92 Å². The van der Waals surface area contributed by atoms with Gasteiger partial charge in [0.25, 0.3) is 0 Å². The van der Waals surface area contributed by atoms with Crippen molar-refractivity contribution >= 4 is 0 Å². The van der Waals surface area contributed by atoms with Gasteiger partial charge in [-0.05, 0) is 37.1 Å². The number of aromatic hydroxyl groups is 1. The monoisotopic (exact) mass is 235 g/mol. The Hall–Kier alpha value is -1.18. The predicted molar refractivity (Wildman–Crippen MR) is 71.0 cm³/mol. The van der Waals surface area contributed by atoms with Crippen LogP contribution >= 0.6 is 0 Å². The summed E-state index contributed by atoms with van der Waals surface area (Å²) in [5.74, 6) is 1.06. The van der Waals surface area contributed by atoms with E-state index in [4.69, 9.17) is 9.84 Å². The van der Waals surface area contributed by atoms with Gasteiger partial charge in [0.2, 0.25) is 0 Å². The van der Waals surface area contributed by atoms with Crippen molar-refractivity contribution in [2.45, 2.75) is 51.9 Å². The molecule has 0 aliphatic heterocycles. The van der Waals surface area contributed by atoms with Crippen LogP contribution in [-0.4, -0.2) is 5.11 Å². The van der Waals surface area contributed by atoms with Gasteiger partial charge in [-0.3, -0.25) is 0 Å². The third kappa shape index (κ3) is 6.88. The zero-order valence-electron chi connectivity index (χ0n) is 10.7. The van der Waals surface area contributed by atoms with Crippen LogP contribution in [0.1, 0.15) is 51.9 Å². The summed E-state index contributed by atoms with van der Waals surface area (Å²) in [6.45, 7) is 4.09. The second kappa shape index (κ2) is 8.91. The average molecular weight is 235 g/mol. The summed E-state index contributed by atoms with van der Waals surface area (Å²) >= 11 is 0. The number of hydrogen-bond donors (Lipinski definition) is 1. The molecular weight excluding hydrogens is 212 g/mol. The number of unbranched alkanes of at least 4 members (excludes halogenated alkanes) is 6. The lowest BCUT2D eigenvalue weighted by molar-refractivity contribution is 0.381. The third-order valence-electron chi connectivity index (χ3n) is 2.73. The Bertz CT molecular complexity index is 279. The fraction of sp³-hybridized carbons (Fsp3) is 0.533. The summed E-state index contributed by atoms with van der Waals surface area (Å²) in [5.41, 5.74) is 0. The molecule has 0 saturated heterocycles. The normalized spacial score (nSPS) is 10.4. The van der Waals surface area contributed by atoms with Crippen LogP contribution in [-0.2, 0) is 0 Å². The van der Waals surface area contributed by atoms with E-state index in [0.717, 1.165) is 12.2 Å². The van der Waals surface area contributed by atoms with E-state index in [-0.39, 0.29) is 5.75 Å². The molecule has 0 unspecified atom stereocenters. The van der Waals surface area contributed by atoms with E-state index in [1.165, 1.54) is 38.5 Å². The molecule has 0 atom stereocenters.